The highest BCUT2D eigenvalue weighted by Crippen LogP contribution is 2.31. The monoisotopic (exact) mass is 631 g/mol. The van der Waals surface area contributed by atoms with Crippen LogP contribution >= 0.6 is 34.8 Å². The van der Waals surface area contributed by atoms with E-state index in [1.54, 1.807) is 12.1 Å². The van der Waals surface area contributed by atoms with Crippen molar-refractivity contribution in [3.63, 3.8) is 0 Å². The minimum absolute atomic E-state index is 0.0661. The molecule has 0 spiro atoms. The second-order valence-corrected chi connectivity index (χ2v) is 12.1. The molecule has 1 aliphatic heterocycles. The molecule has 4 N–H and O–H groups in total. The summed E-state index contributed by atoms with van der Waals surface area (Å²) >= 11 is 18.3. The van der Waals surface area contributed by atoms with Crippen molar-refractivity contribution < 1.29 is 19.2 Å². The number of para-hydroxylation sites is 1. The molecule has 1 aromatic heterocycles. The van der Waals surface area contributed by atoms with Crippen molar-refractivity contribution in [1.82, 2.24) is 25.8 Å². The Balaban J connectivity index is 1.30. The van der Waals surface area contributed by atoms with Gasteiger partial charge in [0.2, 0.25) is 23.6 Å². The lowest BCUT2D eigenvalue weighted by molar-refractivity contribution is -0.148. The summed E-state index contributed by atoms with van der Waals surface area (Å²) in [7, 11) is 0. The zero-order valence-electron chi connectivity index (χ0n) is 22.9. The third kappa shape index (κ3) is 7.02. The van der Waals surface area contributed by atoms with E-state index in [4.69, 9.17) is 34.8 Å². The topological polar surface area (TPSA) is 123 Å². The first-order chi connectivity index (χ1) is 20.2. The molecule has 2 unspecified atom stereocenters. The van der Waals surface area contributed by atoms with E-state index in [1.165, 1.54) is 4.90 Å². The third-order valence-corrected chi connectivity index (χ3v) is 9.14. The number of hydrogen-bond acceptors (Lipinski definition) is 4. The van der Waals surface area contributed by atoms with Crippen LogP contribution in [0.2, 0.25) is 15.1 Å². The van der Waals surface area contributed by atoms with Crippen molar-refractivity contribution in [2.24, 2.45) is 5.92 Å². The van der Waals surface area contributed by atoms with Crippen LogP contribution in [0.5, 0.6) is 0 Å². The molecule has 0 bridgehead atoms. The van der Waals surface area contributed by atoms with Crippen molar-refractivity contribution in [2.75, 3.05) is 13.1 Å². The van der Waals surface area contributed by atoms with E-state index >= 15 is 0 Å². The van der Waals surface area contributed by atoms with Gasteiger partial charge < -0.3 is 25.8 Å². The summed E-state index contributed by atoms with van der Waals surface area (Å²) in [6, 6.07) is 9.31. The van der Waals surface area contributed by atoms with Crippen molar-refractivity contribution in [2.45, 2.75) is 57.2 Å². The van der Waals surface area contributed by atoms with Crippen molar-refractivity contribution in [1.29, 1.82) is 0 Å². The predicted octanol–water partition coefficient (Wildman–Crippen LogP) is 4.38. The fourth-order valence-corrected chi connectivity index (χ4v) is 6.46. The zero-order chi connectivity index (χ0) is 29.8. The Morgan fingerprint density at radius 3 is 2.48 bits per heavy atom. The number of nitrogens with one attached hydrogen (secondary N) is 4. The first kappa shape index (κ1) is 30.2. The van der Waals surface area contributed by atoms with Gasteiger partial charge in [0, 0.05) is 30.1 Å². The number of piperazine rings is 1. The highest BCUT2D eigenvalue weighted by molar-refractivity contribution is 6.48. The predicted molar refractivity (Wildman–Crippen MR) is 162 cm³/mol. The van der Waals surface area contributed by atoms with E-state index in [0.717, 1.165) is 48.6 Å². The minimum atomic E-state index is -0.960. The van der Waals surface area contributed by atoms with E-state index in [0.29, 0.717) is 5.56 Å². The molecule has 9 nitrogen and oxygen atoms in total. The molecule has 0 radical (unpaired) electrons. The summed E-state index contributed by atoms with van der Waals surface area (Å²) in [6.07, 6.45) is 6.90. The Morgan fingerprint density at radius 1 is 1.02 bits per heavy atom. The van der Waals surface area contributed by atoms with Crippen LogP contribution in [0.1, 0.15) is 43.2 Å². The molecular weight excluding hydrogens is 601 g/mol. The summed E-state index contributed by atoms with van der Waals surface area (Å²) < 4.78 is 0. The van der Waals surface area contributed by atoms with Gasteiger partial charge in [-0.05, 0) is 48.1 Å². The van der Waals surface area contributed by atoms with Crippen LogP contribution in [0.25, 0.3) is 10.9 Å². The molecule has 1 saturated carbocycles. The van der Waals surface area contributed by atoms with Crippen LogP contribution in [0.3, 0.4) is 0 Å². The maximum Gasteiger partial charge on any atom is 0.246 e. The number of halogens is 3. The second kappa shape index (κ2) is 13.4. The van der Waals surface area contributed by atoms with Crippen LogP contribution in [0.15, 0.2) is 42.6 Å². The number of H-pyrrole nitrogens is 1. The van der Waals surface area contributed by atoms with Crippen molar-refractivity contribution >= 4 is 69.3 Å². The molecule has 2 atom stereocenters. The molecule has 2 heterocycles. The number of fused-ring (bicyclic) bond motifs is 1. The summed E-state index contributed by atoms with van der Waals surface area (Å²) in [5, 5.41) is 10.2. The highest BCUT2D eigenvalue weighted by Gasteiger charge is 2.39. The number of carbonyl (C=O) groups is 4. The molecule has 2 aromatic carbocycles. The average Bonchev–Trinajstić information content (AvgIpc) is 3.39. The normalized spacial score (nSPS) is 18.5. The molecule has 2 fully saturated rings. The van der Waals surface area contributed by atoms with Crippen molar-refractivity contribution in [3.8, 4) is 0 Å². The van der Waals surface area contributed by atoms with Gasteiger partial charge in [0.15, 0.2) is 0 Å². The second-order valence-electron chi connectivity index (χ2n) is 10.9. The fraction of sp³-hybridized carbons (Fsp3) is 0.400. The number of carbonyl (C=O) groups excluding carboxylic acids is 4. The highest BCUT2D eigenvalue weighted by atomic mass is 35.5. The zero-order valence-corrected chi connectivity index (χ0v) is 25.1. The standard InChI is InChI=1S/C30H32Cl3N5O4/c31-21-10-17(11-22(32)27(21)33)13-35-29(41)24(12-19-14-34-23-9-5-4-8-20(19)23)36-25(39)15-38-16-26(40)37-28(30(38)42)18-6-2-1-3-7-18/h4-5,8-11,14,18,24,28,34H,1-3,6-7,12-13,15-16H2,(H,35,41)(H,36,39)(H,37,40). The number of aromatic nitrogens is 1. The van der Waals surface area contributed by atoms with Gasteiger partial charge in [-0.15, -0.1) is 0 Å². The molecule has 42 heavy (non-hydrogen) atoms. The molecule has 222 valence electrons. The van der Waals surface area contributed by atoms with E-state index in [2.05, 4.69) is 20.9 Å². The van der Waals surface area contributed by atoms with E-state index in [-0.39, 0.29) is 58.9 Å². The fourth-order valence-electron chi connectivity index (χ4n) is 5.82. The van der Waals surface area contributed by atoms with Gasteiger partial charge in [0.25, 0.3) is 0 Å². The number of amides is 4. The summed E-state index contributed by atoms with van der Waals surface area (Å²) in [5.74, 6) is -1.44. The summed E-state index contributed by atoms with van der Waals surface area (Å²) in [4.78, 5) is 57.0. The Kier molecular flexibility index (Phi) is 9.60. The molecule has 1 saturated heterocycles. The molecule has 5 rings (SSSR count). The van der Waals surface area contributed by atoms with Crippen LogP contribution in [0, 0.1) is 5.92 Å². The van der Waals surface area contributed by atoms with Crippen LogP contribution in [-0.4, -0.2) is 58.7 Å². The largest absolute Gasteiger partial charge is 0.361 e. The van der Waals surface area contributed by atoms with E-state index in [9.17, 15) is 19.2 Å². The molecule has 2 aliphatic rings. The van der Waals surface area contributed by atoms with Gasteiger partial charge in [-0.25, -0.2) is 0 Å². The van der Waals surface area contributed by atoms with Gasteiger partial charge >= 0.3 is 0 Å². The molecular formula is C30H32Cl3N5O4. The Hall–Kier alpha value is -3.27. The number of rotatable bonds is 9. The number of aromatic amines is 1. The number of benzene rings is 2. The molecule has 3 aromatic rings. The van der Waals surface area contributed by atoms with Gasteiger partial charge in [-0.2, -0.15) is 0 Å². The first-order valence-electron chi connectivity index (χ1n) is 14.0. The van der Waals surface area contributed by atoms with Crippen LogP contribution in [-0.2, 0) is 32.1 Å². The maximum absolute atomic E-state index is 13.4. The Labute approximate surface area is 258 Å². The molecule has 4 amide bonds. The summed E-state index contributed by atoms with van der Waals surface area (Å²) in [5.41, 5.74) is 2.38. The van der Waals surface area contributed by atoms with Crippen LogP contribution in [0.4, 0.5) is 0 Å². The Morgan fingerprint density at radius 2 is 1.74 bits per heavy atom. The average molecular weight is 633 g/mol. The van der Waals surface area contributed by atoms with Crippen molar-refractivity contribution in [3.05, 3.63) is 68.8 Å². The van der Waals surface area contributed by atoms with Gasteiger partial charge in [0.05, 0.1) is 15.1 Å². The van der Waals surface area contributed by atoms with E-state index in [1.807, 2.05) is 30.5 Å². The Bertz CT molecular complexity index is 1480. The molecule has 1 aliphatic carbocycles. The lowest BCUT2D eigenvalue weighted by Crippen LogP contribution is -2.62. The SMILES string of the molecule is O=C(CN1CC(=O)NC(C2CCCCC2)C1=O)NC(Cc1c[nH]c2ccccc12)C(=O)NCc1cc(Cl)c(Cl)c(Cl)c1. The summed E-state index contributed by atoms with van der Waals surface area (Å²) in [6.45, 7) is -0.425. The van der Waals surface area contributed by atoms with E-state index < -0.39 is 23.9 Å². The third-order valence-electron chi connectivity index (χ3n) is 7.95. The maximum atomic E-state index is 13.4. The quantitative estimate of drug-likeness (QED) is 0.262. The smallest absolute Gasteiger partial charge is 0.246 e. The van der Waals surface area contributed by atoms with Gasteiger partial charge in [-0.1, -0.05) is 72.3 Å². The first-order valence-corrected chi connectivity index (χ1v) is 15.2. The number of hydrogen-bond donors (Lipinski definition) is 4. The molecule has 12 heteroatoms. The van der Waals surface area contributed by atoms with Gasteiger partial charge in [-0.3, -0.25) is 19.2 Å². The minimum Gasteiger partial charge on any atom is -0.361 e. The number of nitrogens with zero attached hydrogens (tertiary/aromatic N) is 1. The lowest BCUT2D eigenvalue weighted by Gasteiger charge is -2.37. The van der Waals surface area contributed by atoms with Crippen LogP contribution < -0.4 is 16.0 Å². The lowest BCUT2D eigenvalue weighted by atomic mass is 9.82. The van der Waals surface area contributed by atoms with Gasteiger partial charge in [0.1, 0.15) is 25.2 Å².